The van der Waals surface area contributed by atoms with Gasteiger partial charge in [0.2, 0.25) is 10.0 Å². The zero-order valence-electron chi connectivity index (χ0n) is 17.0. The van der Waals surface area contributed by atoms with Crippen LogP contribution in [-0.2, 0) is 14.8 Å². The molecule has 0 N–H and O–H groups in total. The van der Waals surface area contributed by atoms with Crippen molar-refractivity contribution in [3.63, 3.8) is 0 Å². The summed E-state index contributed by atoms with van der Waals surface area (Å²) >= 11 is 6.05. The summed E-state index contributed by atoms with van der Waals surface area (Å²) in [6.45, 7) is 4.64. The number of hydrogen-bond acceptors (Lipinski definition) is 4. The van der Waals surface area contributed by atoms with Crippen LogP contribution in [0.3, 0.4) is 0 Å². The quantitative estimate of drug-likeness (QED) is 0.647. The fraction of sp³-hybridized carbons (Fsp3) is 0.714. The van der Waals surface area contributed by atoms with E-state index in [0.29, 0.717) is 29.2 Å². The number of sulfonamides is 1. The Balaban J connectivity index is 1.71. The van der Waals surface area contributed by atoms with Gasteiger partial charge in [0.1, 0.15) is 0 Å². The monoisotopic (exact) mass is 428 g/mol. The van der Waals surface area contributed by atoms with Gasteiger partial charge in [-0.05, 0) is 62.6 Å². The average Bonchev–Trinajstić information content (AvgIpc) is 2.68. The number of hydrogen-bond donors (Lipinski definition) is 0. The third-order valence-corrected chi connectivity index (χ3v) is 8.39. The Morgan fingerprint density at radius 1 is 1.14 bits per heavy atom. The molecule has 0 saturated carbocycles. The van der Waals surface area contributed by atoms with E-state index in [9.17, 15) is 8.42 Å². The molecule has 0 aromatic heterocycles. The molecule has 2 heterocycles. The SMILES string of the molecule is COCN1CCC(C)CC1CCC1CCCCN1S(=O)(=O)c1cccc(Cl)c1. The van der Waals surface area contributed by atoms with E-state index >= 15 is 0 Å². The highest BCUT2D eigenvalue weighted by Crippen LogP contribution is 2.31. The van der Waals surface area contributed by atoms with Crippen LogP contribution in [0.15, 0.2) is 29.2 Å². The Labute approximate surface area is 175 Å². The minimum absolute atomic E-state index is 0.0689. The van der Waals surface area contributed by atoms with Crippen LogP contribution in [0, 0.1) is 5.92 Å². The third kappa shape index (κ3) is 5.28. The molecule has 7 heteroatoms. The standard InChI is InChI=1S/C21H33ClN2O3S/c1-17-11-13-23(16-27-2)20(14-17)10-9-19-7-3-4-12-24(19)28(25,26)21-8-5-6-18(22)15-21/h5-6,8,15,17,19-20H,3-4,7,9-14,16H2,1-2H3. The number of benzene rings is 1. The van der Waals surface area contributed by atoms with E-state index in [1.807, 2.05) is 0 Å². The Kier molecular flexibility index (Phi) is 7.79. The van der Waals surface area contributed by atoms with Crippen molar-refractivity contribution in [3.05, 3.63) is 29.3 Å². The molecule has 28 heavy (non-hydrogen) atoms. The highest BCUT2D eigenvalue weighted by Gasteiger charge is 2.35. The summed E-state index contributed by atoms with van der Waals surface area (Å²) in [6.07, 6.45) is 7.24. The number of methoxy groups -OCH3 is 1. The third-order valence-electron chi connectivity index (χ3n) is 6.20. The summed E-state index contributed by atoms with van der Waals surface area (Å²) in [5.74, 6) is 0.718. The molecule has 2 aliphatic heterocycles. The zero-order chi connectivity index (χ0) is 20.1. The molecule has 3 unspecified atom stereocenters. The lowest BCUT2D eigenvalue weighted by Gasteiger charge is -2.40. The minimum Gasteiger partial charge on any atom is -0.369 e. The van der Waals surface area contributed by atoms with Crippen LogP contribution in [0.1, 0.15) is 51.9 Å². The van der Waals surface area contributed by atoms with Crippen LogP contribution in [0.4, 0.5) is 0 Å². The molecule has 0 bridgehead atoms. The normalized spacial score (nSPS) is 27.8. The molecule has 0 amide bonds. The fourth-order valence-electron chi connectivity index (χ4n) is 4.66. The van der Waals surface area contributed by atoms with Gasteiger partial charge in [-0.3, -0.25) is 4.90 Å². The van der Waals surface area contributed by atoms with E-state index in [1.54, 1.807) is 35.7 Å². The van der Waals surface area contributed by atoms with Crippen LogP contribution in [0.5, 0.6) is 0 Å². The van der Waals surface area contributed by atoms with Crippen molar-refractivity contribution in [1.29, 1.82) is 0 Å². The van der Waals surface area contributed by atoms with E-state index in [1.165, 1.54) is 6.42 Å². The average molecular weight is 429 g/mol. The summed E-state index contributed by atoms with van der Waals surface area (Å²) in [5, 5.41) is 0.459. The summed E-state index contributed by atoms with van der Waals surface area (Å²) in [4.78, 5) is 2.72. The van der Waals surface area contributed by atoms with Crippen LogP contribution >= 0.6 is 11.6 Å². The molecule has 0 radical (unpaired) electrons. The molecule has 1 aromatic carbocycles. The van der Waals surface area contributed by atoms with Gasteiger partial charge in [-0.2, -0.15) is 4.31 Å². The summed E-state index contributed by atoms with van der Waals surface area (Å²) < 4.78 is 33.6. The maximum atomic E-state index is 13.3. The van der Waals surface area contributed by atoms with Gasteiger partial charge in [-0.25, -0.2) is 8.42 Å². The first-order valence-electron chi connectivity index (χ1n) is 10.4. The van der Waals surface area contributed by atoms with Gasteiger partial charge < -0.3 is 4.74 Å². The van der Waals surface area contributed by atoms with E-state index in [4.69, 9.17) is 16.3 Å². The highest BCUT2D eigenvalue weighted by atomic mass is 35.5. The van der Waals surface area contributed by atoms with Crippen molar-refractivity contribution in [1.82, 2.24) is 9.21 Å². The van der Waals surface area contributed by atoms with Crippen molar-refractivity contribution in [3.8, 4) is 0 Å². The first-order chi connectivity index (χ1) is 13.4. The molecule has 1 aromatic rings. The second kappa shape index (κ2) is 9.90. The maximum absolute atomic E-state index is 13.3. The predicted molar refractivity (Wildman–Crippen MR) is 113 cm³/mol. The Bertz CT molecular complexity index is 743. The minimum atomic E-state index is -3.51. The summed E-state index contributed by atoms with van der Waals surface area (Å²) in [7, 11) is -1.76. The van der Waals surface area contributed by atoms with Gasteiger partial charge in [-0.15, -0.1) is 0 Å². The molecule has 0 aliphatic carbocycles. The second-order valence-electron chi connectivity index (χ2n) is 8.31. The Morgan fingerprint density at radius 3 is 2.68 bits per heavy atom. The maximum Gasteiger partial charge on any atom is 0.243 e. The summed E-state index contributed by atoms with van der Waals surface area (Å²) in [5.41, 5.74) is 0. The van der Waals surface area contributed by atoms with Gasteiger partial charge in [0.25, 0.3) is 0 Å². The van der Waals surface area contributed by atoms with Gasteiger partial charge >= 0.3 is 0 Å². The lowest BCUT2D eigenvalue weighted by molar-refractivity contribution is -0.00126. The zero-order valence-corrected chi connectivity index (χ0v) is 18.6. The van der Waals surface area contributed by atoms with Crippen molar-refractivity contribution in [2.45, 2.75) is 68.8 Å². The molecule has 5 nitrogen and oxygen atoms in total. The van der Waals surface area contributed by atoms with Crippen LogP contribution in [-0.4, -0.2) is 56.6 Å². The molecule has 0 spiro atoms. The topological polar surface area (TPSA) is 49.9 Å². The first kappa shape index (κ1) is 22.0. The fourth-order valence-corrected chi connectivity index (χ4v) is 6.69. The second-order valence-corrected chi connectivity index (χ2v) is 10.6. The van der Waals surface area contributed by atoms with E-state index < -0.39 is 10.0 Å². The molecule has 2 fully saturated rings. The molecule has 3 atom stereocenters. The number of rotatable bonds is 7. The molecule has 158 valence electrons. The molecule has 3 rings (SSSR count). The smallest absolute Gasteiger partial charge is 0.243 e. The number of piperidine rings is 2. The van der Waals surface area contributed by atoms with Crippen LogP contribution in [0.25, 0.3) is 0 Å². The molecular weight excluding hydrogens is 396 g/mol. The number of likely N-dealkylation sites (tertiary alicyclic amines) is 1. The van der Waals surface area contributed by atoms with Gasteiger partial charge in [0.05, 0.1) is 11.6 Å². The molecular formula is C21H33ClN2O3S. The number of halogens is 1. The summed E-state index contributed by atoms with van der Waals surface area (Å²) in [6, 6.07) is 7.17. The lowest BCUT2D eigenvalue weighted by atomic mass is 9.88. The predicted octanol–water partition coefficient (Wildman–Crippen LogP) is 4.37. The molecule has 2 saturated heterocycles. The highest BCUT2D eigenvalue weighted by molar-refractivity contribution is 7.89. The Hall–Kier alpha value is -0.660. The molecule has 2 aliphatic rings. The van der Waals surface area contributed by atoms with E-state index in [-0.39, 0.29) is 6.04 Å². The van der Waals surface area contributed by atoms with Gasteiger partial charge in [0, 0.05) is 37.3 Å². The largest absolute Gasteiger partial charge is 0.369 e. The van der Waals surface area contributed by atoms with Crippen LogP contribution < -0.4 is 0 Å². The van der Waals surface area contributed by atoms with E-state index in [2.05, 4.69) is 11.8 Å². The van der Waals surface area contributed by atoms with Gasteiger partial charge in [-0.1, -0.05) is 31.0 Å². The van der Waals surface area contributed by atoms with Crippen molar-refractivity contribution >= 4 is 21.6 Å². The van der Waals surface area contributed by atoms with Crippen molar-refractivity contribution in [2.24, 2.45) is 5.92 Å². The van der Waals surface area contributed by atoms with Gasteiger partial charge in [0.15, 0.2) is 0 Å². The van der Waals surface area contributed by atoms with Crippen molar-refractivity contribution in [2.75, 3.05) is 26.9 Å². The first-order valence-corrected chi connectivity index (χ1v) is 12.2. The number of ether oxygens (including phenoxy) is 1. The number of nitrogens with zero attached hydrogens (tertiary/aromatic N) is 2. The van der Waals surface area contributed by atoms with E-state index in [0.717, 1.165) is 51.0 Å². The van der Waals surface area contributed by atoms with Crippen molar-refractivity contribution < 1.29 is 13.2 Å². The lowest BCUT2D eigenvalue weighted by Crippen LogP contribution is -2.46. The van der Waals surface area contributed by atoms with Crippen LogP contribution in [0.2, 0.25) is 5.02 Å². The Morgan fingerprint density at radius 2 is 1.93 bits per heavy atom.